The molecule has 3 heteroatoms. The summed E-state index contributed by atoms with van der Waals surface area (Å²) in [7, 11) is 0. The van der Waals surface area contributed by atoms with E-state index in [0.29, 0.717) is 0 Å². The second-order valence-corrected chi connectivity index (χ2v) is 2.94. The van der Waals surface area contributed by atoms with Gasteiger partial charge in [0.05, 0.1) is 0 Å². The third-order valence-corrected chi connectivity index (χ3v) is 1.85. The second kappa shape index (κ2) is 1.97. The summed E-state index contributed by atoms with van der Waals surface area (Å²) in [6, 6.07) is 0. The highest BCUT2D eigenvalue weighted by molar-refractivity contribution is 5.68. The zero-order valence-electron chi connectivity index (χ0n) is 6.48. The van der Waals surface area contributed by atoms with Crippen molar-refractivity contribution in [3.05, 3.63) is 0 Å². The number of hydrogen-bond acceptors (Lipinski definition) is 2. The molecule has 0 amide bonds. The lowest BCUT2D eigenvalue weighted by Gasteiger charge is -2.10. The van der Waals surface area contributed by atoms with E-state index in [0.717, 1.165) is 0 Å². The van der Waals surface area contributed by atoms with Crippen LogP contribution in [-0.2, 0) is 9.53 Å². The first-order chi connectivity index (χ1) is 4.93. The lowest BCUT2D eigenvalue weighted by atomic mass is 10.2. The van der Waals surface area contributed by atoms with E-state index in [1.54, 1.807) is 0 Å². The van der Waals surface area contributed by atoms with Gasteiger partial charge >= 0.3 is 5.97 Å². The van der Waals surface area contributed by atoms with Gasteiger partial charge in [-0.2, -0.15) is 0 Å². The average Bonchev–Trinajstić information content (AvgIpc) is 2.33. The van der Waals surface area contributed by atoms with Gasteiger partial charge in [-0.05, 0) is 6.92 Å². The highest BCUT2D eigenvalue weighted by Gasteiger charge is 2.69. The van der Waals surface area contributed by atoms with Gasteiger partial charge in [-0.25, -0.2) is 4.39 Å². The zero-order valence-corrected chi connectivity index (χ0v) is 6.48. The molecule has 0 aromatic heterocycles. The summed E-state index contributed by atoms with van der Waals surface area (Å²) in [5.74, 6) is 1.62. The number of hydrogen-bond donors (Lipinski definition) is 0. The Morgan fingerprint density at radius 3 is 2.36 bits per heavy atom. The van der Waals surface area contributed by atoms with E-state index in [9.17, 15) is 9.18 Å². The predicted octanol–water partition coefficient (Wildman–Crippen LogP) is 1.05. The van der Waals surface area contributed by atoms with Crippen LogP contribution in [0, 0.1) is 12.3 Å². The highest BCUT2D eigenvalue weighted by Crippen LogP contribution is 2.53. The van der Waals surface area contributed by atoms with Crippen LogP contribution in [0.25, 0.3) is 0 Å². The first-order valence-electron chi connectivity index (χ1n) is 3.30. The van der Waals surface area contributed by atoms with Gasteiger partial charge < -0.3 is 4.74 Å². The van der Waals surface area contributed by atoms with Crippen molar-refractivity contribution in [1.29, 1.82) is 0 Å². The zero-order chi connectivity index (χ0) is 8.70. The second-order valence-electron chi connectivity index (χ2n) is 2.94. The molecule has 0 aliphatic heterocycles. The molecule has 0 unspecified atom stereocenters. The Balaban J connectivity index is 2.70. The summed E-state index contributed by atoms with van der Waals surface area (Å²) in [5, 5.41) is 0. The van der Waals surface area contributed by atoms with E-state index in [1.807, 2.05) is 0 Å². The maximum atomic E-state index is 13.1. The summed E-state index contributed by atoms with van der Waals surface area (Å²) in [4.78, 5) is 10.5. The molecule has 1 rings (SSSR count). The highest BCUT2D eigenvalue weighted by atomic mass is 19.1. The lowest BCUT2D eigenvalue weighted by molar-refractivity contribution is -0.147. The van der Waals surface area contributed by atoms with E-state index in [4.69, 9.17) is 6.42 Å². The van der Waals surface area contributed by atoms with Crippen molar-refractivity contribution >= 4 is 5.97 Å². The Morgan fingerprint density at radius 2 is 2.27 bits per heavy atom. The maximum Gasteiger partial charge on any atom is 0.304 e. The van der Waals surface area contributed by atoms with E-state index < -0.39 is 17.2 Å². The summed E-state index contributed by atoms with van der Waals surface area (Å²) in [6.45, 7) is 2.54. The minimum absolute atomic E-state index is 0.107. The summed E-state index contributed by atoms with van der Waals surface area (Å²) in [6.07, 6.45) is 5.13. The number of alkyl halides is 1. The van der Waals surface area contributed by atoms with E-state index in [-0.39, 0.29) is 6.42 Å². The smallest absolute Gasteiger partial charge is 0.304 e. The van der Waals surface area contributed by atoms with Crippen LogP contribution in [0.2, 0.25) is 0 Å². The van der Waals surface area contributed by atoms with Crippen molar-refractivity contribution < 1.29 is 13.9 Å². The van der Waals surface area contributed by atoms with E-state index >= 15 is 0 Å². The molecule has 2 nitrogen and oxygen atoms in total. The monoisotopic (exact) mass is 156 g/mol. The van der Waals surface area contributed by atoms with E-state index in [2.05, 4.69) is 10.7 Å². The minimum atomic E-state index is -1.53. The molecule has 0 radical (unpaired) electrons. The van der Waals surface area contributed by atoms with Crippen molar-refractivity contribution in [1.82, 2.24) is 0 Å². The molecule has 0 heterocycles. The SMILES string of the molecule is C#C[C@]1(OC(C)=O)C[C@@]1(C)F. The van der Waals surface area contributed by atoms with Gasteiger partial charge in [-0.15, -0.1) is 6.42 Å². The number of rotatable bonds is 1. The van der Waals surface area contributed by atoms with Gasteiger partial charge in [0.15, 0.2) is 5.67 Å². The standard InChI is InChI=1S/C8H9FO2/c1-4-8(11-6(2)10)5-7(8,3)9/h1H,5H2,2-3H3/t7-,8+/m1/s1. The number of carbonyl (C=O) groups excluding carboxylic acids is 1. The topological polar surface area (TPSA) is 26.3 Å². The van der Waals surface area contributed by atoms with Crippen molar-refractivity contribution in [3.8, 4) is 12.3 Å². The molecule has 60 valence electrons. The molecule has 1 aliphatic carbocycles. The lowest BCUT2D eigenvalue weighted by Crippen LogP contribution is -2.23. The maximum absolute atomic E-state index is 13.1. The molecule has 0 N–H and O–H groups in total. The first kappa shape index (κ1) is 8.06. The Kier molecular flexibility index (Phi) is 1.45. The Hall–Kier alpha value is -1.04. The molecule has 0 spiro atoms. The first-order valence-corrected chi connectivity index (χ1v) is 3.30. The van der Waals surface area contributed by atoms with Gasteiger partial charge in [0.2, 0.25) is 5.60 Å². The number of carbonyl (C=O) groups is 1. The number of esters is 1. The fourth-order valence-electron chi connectivity index (χ4n) is 1.04. The molecule has 0 bridgehead atoms. The van der Waals surface area contributed by atoms with Crippen molar-refractivity contribution in [2.75, 3.05) is 0 Å². The molecule has 1 aliphatic rings. The van der Waals surface area contributed by atoms with Crippen molar-refractivity contribution in [3.63, 3.8) is 0 Å². The van der Waals surface area contributed by atoms with Crippen molar-refractivity contribution in [2.45, 2.75) is 31.5 Å². The molecule has 0 aromatic rings. The Bertz CT molecular complexity index is 239. The van der Waals surface area contributed by atoms with E-state index in [1.165, 1.54) is 13.8 Å². The Labute approximate surface area is 64.7 Å². The third-order valence-electron chi connectivity index (χ3n) is 1.85. The third kappa shape index (κ3) is 1.09. The minimum Gasteiger partial charge on any atom is -0.442 e. The van der Waals surface area contributed by atoms with Crippen LogP contribution >= 0.6 is 0 Å². The predicted molar refractivity (Wildman–Crippen MR) is 37.5 cm³/mol. The van der Waals surface area contributed by atoms with Crippen LogP contribution in [0.15, 0.2) is 0 Å². The molecule has 1 saturated carbocycles. The Morgan fingerprint density at radius 1 is 1.82 bits per heavy atom. The molecular formula is C8H9FO2. The van der Waals surface area contributed by atoms with Crippen LogP contribution in [0.1, 0.15) is 20.3 Å². The van der Waals surface area contributed by atoms with Gasteiger partial charge in [0.25, 0.3) is 0 Å². The largest absolute Gasteiger partial charge is 0.442 e. The quantitative estimate of drug-likeness (QED) is 0.419. The fraction of sp³-hybridized carbons (Fsp3) is 0.625. The van der Waals surface area contributed by atoms with Crippen LogP contribution in [-0.4, -0.2) is 17.2 Å². The van der Waals surface area contributed by atoms with Crippen LogP contribution in [0.5, 0.6) is 0 Å². The van der Waals surface area contributed by atoms with Crippen LogP contribution in [0.3, 0.4) is 0 Å². The average molecular weight is 156 g/mol. The van der Waals surface area contributed by atoms with Gasteiger partial charge in [-0.1, -0.05) is 5.92 Å². The van der Waals surface area contributed by atoms with Gasteiger partial charge in [0.1, 0.15) is 0 Å². The van der Waals surface area contributed by atoms with Crippen LogP contribution < -0.4 is 0 Å². The molecule has 2 atom stereocenters. The summed E-state index contributed by atoms with van der Waals surface area (Å²) in [5.41, 5.74) is -2.81. The van der Waals surface area contributed by atoms with Crippen LogP contribution in [0.4, 0.5) is 4.39 Å². The summed E-state index contributed by atoms with van der Waals surface area (Å²) < 4.78 is 17.7. The fourth-order valence-corrected chi connectivity index (χ4v) is 1.04. The molecule has 11 heavy (non-hydrogen) atoms. The molecule has 1 fully saturated rings. The summed E-state index contributed by atoms with van der Waals surface area (Å²) >= 11 is 0. The molecule has 0 saturated heterocycles. The normalized spacial score (nSPS) is 40.9. The number of terminal acetylenes is 1. The molecule has 0 aromatic carbocycles. The molecular weight excluding hydrogens is 147 g/mol. The van der Waals surface area contributed by atoms with Gasteiger partial charge in [0, 0.05) is 13.3 Å². The van der Waals surface area contributed by atoms with Gasteiger partial charge in [-0.3, -0.25) is 4.79 Å². The number of ether oxygens (including phenoxy) is 1. The number of halogens is 1. The van der Waals surface area contributed by atoms with Crippen molar-refractivity contribution in [2.24, 2.45) is 0 Å².